The Bertz CT molecular complexity index is 243. The molecule has 1 heterocycles. The average molecular weight is 168 g/mol. The lowest BCUT2D eigenvalue weighted by Gasteiger charge is -2.02. The fourth-order valence-corrected chi connectivity index (χ4v) is 1.56. The Balaban J connectivity index is 2.90. The van der Waals surface area contributed by atoms with E-state index in [0.29, 0.717) is 0 Å². The monoisotopic (exact) mass is 168 g/mol. The van der Waals surface area contributed by atoms with Crippen molar-refractivity contribution >= 4 is 11.7 Å². The SMILES string of the molecule is C=CC(C)=[N+]1CCC[C@H]1C(=O)O. The Morgan fingerprint density at radius 2 is 2.42 bits per heavy atom. The third kappa shape index (κ3) is 1.55. The lowest BCUT2D eigenvalue weighted by Crippen LogP contribution is -2.31. The normalized spacial score (nSPS) is 26.9. The van der Waals surface area contributed by atoms with E-state index >= 15 is 0 Å². The van der Waals surface area contributed by atoms with Gasteiger partial charge in [0.25, 0.3) is 0 Å². The van der Waals surface area contributed by atoms with Crippen molar-refractivity contribution in [1.82, 2.24) is 0 Å². The molecule has 0 aliphatic carbocycles. The van der Waals surface area contributed by atoms with Gasteiger partial charge in [-0.3, -0.25) is 0 Å². The maximum atomic E-state index is 10.7. The average Bonchev–Trinajstić information content (AvgIpc) is 2.50. The van der Waals surface area contributed by atoms with Crippen molar-refractivity contribution in [1.29, 1.82) is 0 Å². The molecule has 0 aromatic rings. The van der Waals surface area contributed by atoms with Crippen LogP contribution >= 0.6 is 0 Å². The lowest BCUT2D eigenvalue weighted by atomic mass is 10.2. The van der Waals surface area contributed by atoms with Crippen LogP contribution in [0.15, 0.2) is 12.7 Å². The number of aliphatic carboxylic acids is 1. The molecule has 1 rings (SSSR count). The van der Waals surface area contributed by atoms with Crippen LogP contribution < -0.4 is 0 Å². The van der Waals surface area contributed by atoms with E-state index in [4.69, 9.17) is 5.11 Å². The van der Waals surface area contributed by atoms with E-state index in [0.717, 1.165) is 25.1 Å². The van der Waals surface area contributed by atoms with E-state index in [9.17, 15) is 4.79 Å². The van der Waals surface area contributed by atoms with Gasteiger partial charge < -0.3 is 5.11 Å². The zero-order valence-corrected chi connectivity index (χ0v) is 7.29. The lowest BCUT2D eigenvalue weighted by molar-refractivity contribution is -0.532. The molecule has 0 aromatic heterocycles. The summed E-state index contributed by atoms with van der Waals surface area (Å²) in [4.78, 5) is 10.7. The number of allylic oxidation sites excluding steroid dienone is 1. The molecule has 1 aliphatic heterocycles. The molecule has 1 atom stereocenters. The van der Waals surface area contributed by atoms with Crippen molar-refractivity contribution < 1.29 is 14.5 Å². The molecule has 0 aromatic carbocycles. The Labute approximate surface area is 72.0 Å². The van der Waals surface area contributed by atoms with Crippen molar-refractivity contribution in [2.24, 2.45) is 0 Å². The van der Waals surface area contributed by atoms with Gasteiger partial charge in [0.05, 0.1) is 0 Å². The predicted molar refractivity (Wildman–Crippen MR) is 46.7 cm³/mol. The number of hydrogen-bond acceptors (Lipinski definition) is 1. The van der Waals surface area contributed by atoms with Crippen LogP contribution in [0.4, 0.5) is 0 Å². The number of rotatable bonds is 2. The number of nitrogens with zero attached hydrogens (tertiary/aromatic N) is 1. The molecule has 0 spiro atoms. The van der Waals surface area contributed by atoms with Gasteiger partial charge >= 0.3 is 5.97 Å². The van der Waals surface area contributed by atoms with Gasteiger partial charge in [-0.2, -0.15) is 0 Å². The molecule has 0 unspecified atom stereocenters. The van der Waals surface area contributed by atoms with Crippen molar-refractivity contribution in [2.45, 2.75) is 25.8 Å². The van der Waals surface area contributed by atoms with E-state index in [1.165, 1.54) is 0 Å². The second kappa shape index (κ2) is 3.52. The number of carbonyl (C=O) groups is 1. The second-order valence-corrected chi connectivity index (χ2v) is 3.04. The van der Waals surface area contributed by atoms with Gasteiger partial charge in [-0.15, -0.1) is 0 Å². The molecule has 1 aliphatic rings. The molecule has 1 fully saturated rings. The first-order chi connectivity index (χ1) is 5.66. The maximum Gasteiger partial charge on any atom is 0.372 e. The summed E-state index contributed by atoms with van der Waals surface area (Å²) in [6, 6.07) is -0.331. The number of carboxylic acid groups (broad SMARTS) is 1. The van der Waals surface area contributed by atoms with Crippen LogP contribution in [0.25, 0.3) is 0 Å². The number of carboxylic acids is 1. The van der Waals surface area contributed by atoms with Crippen LogP contribution in [-0.4, -0.2) is 33.9 Å². The van der Waals surface area contributed by atoms with Gasteiger partial charge in [-0.25, -0.2) is 9.37 Å². The van der Waals surface area contributed by atoms with E-state index in [2.05, 4.69) is 6.58 Å². The van der Waals surface area contributed by atoms with E-state index in [-0.39, 0.29) is 6.04 Å². The van der Waals surface area contributed by atoms with Crippen LogP contribution in [-0.2, 0) is 4.79 Å². The summed E-state index contributed by atoms with van der Waals surface area (Å²) in [5.41, 5.74) is 0.958. The van der Waals surface area contributed by atoms with E-state index < -0.39 is 5.97 Å². The quantitative estimate of drug-likeness (QED) is 0.622. The highest BCUT2D eigenvalue weighted by atomic mass is 16.4. The Hall–Kier alpha value is -1.12. The summed E-state index contributed by atoms with van der Waals surface area (Å²) in [6.45, 7) is 6.37. The van der Waals surface area contributed by atoms with E-state index in [1.54, 1.807) is 6.08 Å². The minimum atomic E-state index is -0.728. The minimum Gasteiger partial charge on any atom is -0.476 e. The summed E-state index contributed by atoms with van der Waals surface area (Å²) in [7, 11) is 0. The standard InChI is InChI=1S/C9H13NO2/c1-3-7(2)10-6-4-5-8(10)9(11)12/h3,8H,1,4-6H2,2H3/p+1/t8-/m0/s1. The Kier molecular flexibility index (Phi) is 2.63. The fraction of sp³-hybridized carbons (Fsp3) is 0.556. The van der Waals surface area contributed by atoms with Crippen molar-refractivity contribution in [3.63, 3.8) is 0 Å². The first-order valence-corrected chi connectivity index (χ1v) is 4.12. The molecule has 12 heavy (non-hydrogen) atoms. The highest BCUT2D eigenvalue weighted by molar-refractivity contribution is 5.88. The highest BCUT2D eigenvalue weighted by Crippen LogP contribution is 2.12. The molecule has 0 amide bonds. The molecule has 3 nitrogen and oxygen atoms in total. The largest absolute Gasteiger partial charge is 0.476 e. The Morgan fingerprint density at radius 3 is 2.92 bits per heavy atom. The molecule has 0 bridgehead atoms. The summed E-state index contributed by atoms with van der Waals surface area (Å²) in [5.74, 6) is -0.728. The highest BCUT2D eigenvalue weighted by Gasteiger charge is 2.35. The van der Waals surface area contributed by atoms with Crippen LogP contribution in [0.3, 0.4) is 0 Å². The molecule has 3 heteroatoms. The number of hydrogen-bond donors (Lipinski definition) is 1. The molecule has 1 N–H and O–H groups in total. The molecular formula is C9H14NO2+. The minimum absolute atomic E-state index is 0.331. The van der Waals surface area contributed by atoms with E-state index in [1.807, 2.05) is 11.5 Å². The van der Waals surface area contributed by atoms with Gasteiger partial charge in [-0.1, -0.05) is 6.58 Å². The summed E-state index contributed by atoms with van der Waals surface area (Å²) in [5, 5.41) is 8.84. The topological polar surface area (TPSA) is 40.3 Å². The van der Waals surface area contributed by atoms with Gasteiger partial charge in [0, 0.05) is 19.8 Å². The summed E-state index contributed by atoms with van der Waals surface area (Å²) >= 11 is 0. The maximum absolute atomic E-state index is 10.7. The summed E-state index contributed by atoms with van der Waals surface area (Å²) < 4.78 is 1.90. The zero-order chi connectivity index (χ0) is 9.14. The van der Waals surface area contributed by atoms with Crippen LogP contribution in [0, 0.1) is 0 Å². The van der Waals surface area contributed by atoms with Crippen LogP contribution in [0.1, 0.15) is 19.8 Å². The molecule has 1 saturated heterocycles. The molecule has 66 valence electrons. The van der Waals surface area contributed by atoms with Gasteiger partial charge in [0.1, 0.15) is 6.54 Å². The van der Waals surface area contributed by atoms with Crippen LogP contribution in [0.5, 0.6) is 0 Å². The van der Waals surface area contributed by atoms with Crippen molar-refractivity contribution in [3.8, 4) is 0 Å². The fourth-order valence-electron chi connectivity index (χ4n) is 1.56. The summed E-state index contributed by atoms with van der Waals surface area (Å²) in [6.07, 6.45) is 3.42. The van der Waals surface area contributed by atoms with Crippen LogP contribution in [0.2, 0.25) is 0 Å². The third-order valence-electron chi connectivity index (χ3n) is 2.29. The third-order valence-corrected chi connectivity index (χ3v) is 2.29. The smallest absolute Gasteiger partial charge is 0.372 e. The predicted octanol–water partition coefficient (Wildman–Crippen LogP) is 0.893. The Morgan fingerprint density at radius 1 is 1.75 bits per heavy atom. The van der Waals surface area contributed by atoms with Gasteiger partial charge in [0.2, 0.25) is 6.04 Å². The molecule has 0 saturated carbocycles. The van der Waals surface area contributed by atoms with Gasteiger partial charge in [0.15, 0.2) is 5.71 Å². The second-order valence-electron chi connectivity index (χ2n) is 3.04. The molecule has 0 radical (unpaired) electrons. The molecular weight excluding hydrogens is 154 g/mol. The zero-order valence-electron chi connectivity index (χ0n) is 7.29. The first-order valence-electron chi connectivity index (χ1n) is 4.12. The van der Waals surface area contributed by atoms with Crippen molar-refractivity contribution in [2.75, 3.05) is 6.54 Å². The van der Waals surface area contributed by atoms with Crippen molar-refractivity contribution in [3.05, 3.63) is 12.7 Å². The van der Waals surface area contributed by atoms with Gasteiger partial charge in [-0.05, 0) is 6.08 Å². The first kappa shape index (κ1) is 8.97.